The zero-order valence-electron chi connectivity index (χ0n) is 9.58. The number of nitrogens with two attached hydrogens (primary N) is 1. The smallest absolute Gasteiger partial charge is 0.235 e. The SMILES string of the molecule is CNC(=O)C1(C(=O)NCC(N)C2CC2)CC1. The molecule has 0 radical (unpaired) electrons. The van der Waals surface area contributed by atoms with E-state index >= 15 is 0 Å². The number of nitrogens with one attached hydrogen (secondary N) is 2. The summed E-state index contributed by atoms with van der Waals surface area (Å²) in [6.45, 7) is 0.488. The third kappa shape index (κ3) is 2.04. The molecule has 2 aliphatic rings. The molecule has 1 atom stereocenters. The van der Waals surface area contributed by atoms with Gasteiger partial charge in [-0.25, -0.2) is 0 Å². The van der Waals surface area contributed by atoms with Crippen LogP contribution in [0.25, 0.3) is 0 Å². The van der Waals surface area contributed by atoms with Crippen LogP contribution in [0.15, 0.2) is 0 Å². The molecule has 90 valence electrons. The van der Waals surface area contributed by atoms with E-state index in [1.165, 1.54) is 0 Å². The van der Waals surface area contributed by atoms with Gasteiger partial charge in [0, 0.05) is 19.6 Å². The van der Waals surface area contributed by atoms with Crippen molar-refractivity contribution in [2.75, 3.05) is 13.6 Å². The first-order chi connectivity index (χ1) is 7.60. The maximum atomic E-state index is 11.8. The van der Waals surface area contributed by atoms with Crippen LogP contribution in [0, 0.1) is 11.3 Å². The van der Waals surface area contributed by atoms with E-state index in [9.17, 15) is 9.59 Å². The molecule has 5 nitrogen and oxygen atoms in total. The predicted octanol–water partition coefficient (Wildman–Crippen LogP) is -0.634. The molecule has 2 rings (SSSR count). The maximum absolute atomic E-state index is 11.8. The van der Waals surface area contributed by atoms with Gasteiger partial charge in [0.2, 0.25) is 11.8 Å². The third-order valence-electron chi connectivity index (χ3n) is 3.57. The molecule has 2 saturated carbocycles. The zero-order valence-corrected chi connectivity index (χ0v) is 9.58. The normalized spacial score (nSPS) is 23.4. The molecule has 4 N–H and O–H groups in total. The molecule has 0 aromatic rings. The molecule has 0 saturated heterocycles. The molecule has 1 unspecified atom stereocenters. The summed E-state index contributed by atoms with van der Waals surface area (Å²) in [5, 5.41) is 5.34. The van der Waals surface area contributed by atoms with Gasteiger partial charge in [-0.2, -0.15) is 0 Å². The number of carbonyl (C=O) groups excluding carboxylic acids is 2. The summed E-state index contributed by atoms with van der Waals surface area (Å²) in [6, 6.07) is 0.0458. The lowest BCUT2D eigenvalue weighted by Crippen LogP contribution is -2.46. The summed E-state index contributed by atoms with van der Waals surface area (Å²) in [4.78, 5) is 23.4. The van der Waals surface area contributed by atoms with Crippen LogP contribution in [-0.2, 0) is 9.59 Å². The summed E-state index contributed by atoms with van der Waals surface area (Å²) in [7, 11) is 1.56. The first kappa shape index (κ1) is 11.4. The van der Waals surface area contributed by atoms with Gasteiger partial charge >= 0.3 is 0 Å². The average molecular weight is 225 g/mol. The van der Waals surface area contributed by atoms with E-state index in [-0.39, 0.29) is 17.9 Å². The van der Waals surface area contributed by atoms with Crippen molar-refractivity contribution < 1.29 is 9.59 Å². The number of amides is 2. The monoisotopic (exact) mass is 225 g/mol. The van der Waals surface area contributed by atoms with Crippen molar-refractivity contribution in [1.29, 1.82) is 0 Å². The first-order valence-electron chi connectivity index (χ1n) is 5.86. The van der Waals surface area contributed by atoms with Gasteiger partial charge in [-0.15, -0.1) is 0 Å². The molecule has 0 heterocycles. The van der Waals surface area contributed by atoms with E-state index in [1.807, 2.05) is 0 Å². The van der Waals surface area contributed by atoms with Gasteiger partial charge in [-0.1, -0.05) is 0 Å². The molecule has 0 aliphatic heterocycles. The summed E-state index contributed by atoms with van der Waals surface area (Å²) in [6.07, 6.45) is 3.63. The quantitative estimate of drug-likeness (QED) is 0.544. The van der Waals surface area contributed by atoms with Gasteiger partial charge in [0.1, 0.15) is 5.41 Å². The second kappa shape index (κ2) is 4.05. The van der Waals surface area contributed by atoms with E-state index in [0.717, 1.165) is 12.8 Å². The molecule has 0 bridgehead atoms. The van der Waals surface area contributed by atoms with Crippen molar-refractivity contribution in [2.45, 2.75) is 31.7 Å². The van der Waals surface area contributed by atoms with Crippen molar-refractivity contribution in [3.63, 3.8) is 0 Å². The van der Waals surface area contributed by atoms with E-state index in [1.54, 1.807) is 7.05 Å². The second-order valence-corrected chi connectivity index (χ2v) is 4.87. The van der Waals surface area contributed by atoms with Crippen LogP contribution >= 0.6 is 0 Å². The van der Waals surface area contributed by atoms with Crippen LogP contribution in [0.2, 0.25) is 0 Å². The van der Waals surface area contributed by atoms with Gasteiger partial charge in [0.25, 0.3) is 0 Å². The molecule has 0 aromatic heterocycles. The Morgan fingerprint density at radius 1 is 1.38 bits per heavy atom. The van der Waals surface area contributed by atoms with E-state index in [0.29, 0.717) is 25.3 Å². The van der Waals surface area contributed by atoms with E-state index < -0.39 is 5.41 Å². The van der Waals surface area contributed by atoms with Gasteiger partial charge in [-0.05, 0) is 31.6 Å². The molecule has 2 amide bonds. The number of hydrogen-bond acceptors (Lipinski definition) is 3. The molecule has 16 heavy (non-hydrogen) atoms. The Labute approximate surface area is 95.1 Å². The second-order valence-electron chi connectivity index (χ2n) is 4.87. The fourth-order valence-corrected chi connectivity index (χ4v) is 1.99. The Bertz CT molecular complexity index is 308. The Morgan fingerprint density at radius 3 is 2.44 bits per heavy atom. The van der Waals surface area contributed by atoms with Crippen LogP contribution in [0.3, 0.4) is 0 Å². The highest BCUT2D eigenvalue weighted by atomic mass is 16.2. The minimum atomic E-state index is -0.794. The van der Waals surface area contributed by atoms with Crippen LogP contribution in [0.5, 0.6) is 0 Å². The summed E-state index contributed by atoms with van der Waals surface area (Å²) in [5.41, 5.74) is 5.09. The van der Waals surface area contributed by atoms with Crippen molar-refractivity contribution in [1.82, 2.24) is 10.6 Å². The highest BCUT2D eigenvalue weighted by Gasteiger charge is 2.56. The fraction of sp³-hybridized carbons (Fsp3) is 0.818. The van der Waals surface area contributed by atoms with Crippen molar-refractivity contribution in [3.05, 3.63) is 0 Å². The highest BCUT2D eigenvalue weighted by molar-refractivity contribution is 6.07. The lowest BCUT2D eigenvalue weighted by molar-refractivity contribution is -0.136. The minimum Gasteiger partial charge on any atom is -0.358 e. The van der Waals surface area contributed by atoms with Crippen LogP contribution in [-0.4, -0.2) is 31.4 Å². The largest absolute Gasteiger partial charge is 0.358 e. The topological polar surface area (TPSA) is 84.2 Å². The number of rotatable bonds is 5. The summed E-state index contributed by atoms with van der Waals surface area (Å²) < 4.78 is 0. The number of carbonyl (C=O) groups is 2. The predicted molar refractivity (Wildman–Crippen MR) is 59.4 cm³/mol. The van der Waals surface area contributed by atoms with Crippen LogP contribution in [0.4, 0.5) is 0 Å². The van der Waals surface area contributed by atoms with E-state index in [4.69, 9.17) is 5.73 Å². The summed E-state index contributed by atoms with van der Waals surface area (Å²) >= 11 is 0. The Morgan fingerprint density at radius 2 is 2.00 bits per heavy atom. The first-order valence-corrected chi connectivity index (χ1v) is 5.86. The van der Waals surface area contributed by atoms with Gasteiger partial charge in [0.15, 0.2) is 0 Å². The number of hydrogen-bond donors (Lipinski definition) is 3. The van der Waals surface area contributed by atoms with Crippen LogP contribution < -0.4 is 16.4 Å². The molecular formula is C11H19N3O2. The van der Waals surface area contributed by atoms with E-state index in [2.05, 4.69) is 10.6 Å². The van der Waals surface area contributed by atoms with Crippen molar-refractivity contribution >= 4 is 11.8 Å². The van der Waals surface area contributed by atoms with Crippen LogP contribution in [0.1, 0.15) is 25.7 Å². The van der Waals surface area contributed by atoms with Gasteiger partial charge < -0.3 is 16.4 Å². The molecule has 2 fully saturated rings. The van der Waals surface area contributed by atoms with Crippen molar-refractivity contribution in [3.8, 4) is 0 Å². The summed E-state index contributed by atoms with van der Waals surface area (Å²) in [5.74, 6) is 0.225. The average Bonchev–Trinajstić information content (AvgIpc) is 3.16. The van der Waals surface area contributed by atoms with Crippen molar-refractivity contribution in [2.24, 2.45) is 17.1 Å². The Balaban J connectivity index is 1.81. The maximum Gasteiger partial charge on any atom is 0.235 e. The molecule has 2 aliphatic carbocycles. The Kier molecular flexibility index (Phi) is 2.88. The zero-order chi connectivity index (χ0) is 11.8. The third-order valence-corrected chi connectivity index (χ3v) is 3.57. The highest BCUT2D eigenvalue weighted by Crippen LogP contribution is 2.46. The molecular weight excluding hydrogens is 206 g/mol. The standard InChI is InChI=1S/C11H19N3O2/c1-13-9(15)11(4-5-11)10(16)14-6-8(12)7-2-3-7/h7-8H,2-6,12H2,1H3,(H,13,15)(H,14,16). The molecule has 5 heteroatoms. The Hall–Kier alpha value is -1.10. The molecule has 0 spiro atoms. The lowest BCUT2D eigenvalue weighted by Gasteiger charge is -2.16. The molecule has 0 aromatic carbocycles. The lowest BCUT2D eigenvalue weighted by atomic mass is 10.1. The minimum absolute atomic E-state index is 0.0458. The van der Waals surface area contributed by atoms with Gasteiger partial charge in [-0.3, -0.25) is 9.59 Å². The fourth-order valence-electron chi connectivity index (χ4n) is 1.99. The van der Waals surface area contributed by atoms with Gasteiger partial charge in [0.05, 0.1) is 0 Å².